The van der Waals surface area contributed by atoms with Crippen LogP contribution in [0.5, 0.6) is 0 Å². The molecule has 1 aromatic rings. The molecule has 2 aliphatic rings. The molecule has 1 aromatic carbocycles. The zero-order valence-electron chi connectivity index (χ0n) is 11.3. The van der Waals surface area contributed by atoms with Crippen molar-refractivity contribution in [2.75, 3.05) is 6.54 Å². The van der Waals surface area contributed by atoms with Crippen LogP contribution < -0.4 is 0 Å². The van der Waals surface area contributed by atoms with E-state index >= 15 is 0 Å². The smallest absolute Gasteiger partial charge is 0.0236 e. The van der Waals surface area contributed by atoms with Crippen LogP contribution in [0.4, 0.5) is 0 Å². The zero-order chi connectivity index (χ0) is 12.4. The molecule has 1 fully saturated rings. The summed E-state index contributed by atoms with van der Waals surface area (Å²) in [5.41, 5.74) is 1.46. The van der Waals surface area contributed by atoms with Crippen LogP contribution in [0.15, 0.2) is 42.5 Å². The van der Waals surface area contributed by atoms with Gasteiger partial charge in [0.25, 0.3) is 0 Å². The van der Waals surface area contributed by atoms with Crippen molar-refractivity contribution < 1.29 is 0 Å². The summed E-state index contributed by atoms with van der Waals surface area (Å²) in [6.07, 6.45) is 8.83. The average molecular weight is 241 g/mol. The van der Waals surface area contributed by atoms with Crippen LogP contribution in [0.25, 0.3) is 0 Å². The lowest BCUT2D eigenvalue weighted by Gasteiger charge is -2.45. The summed E-state index contributed by atoms with van der Waals surface area (Å²) in [7, 11) is 0. The first kappa shape index (κ1) is 12.0. The first-order valence-electron chi connectivity index (χ1n) is 7.29. The van der Waals surface area contributed by atoms with Crippen molar-refractivity contribution in [3.8, 4) is 0 Å². The molecular weight excluding hydrogens is 218 g/mol. The van der Waals surface area contributed by atoms with Gasteiger partial charge < -0.3 is 0 Å². The van der Waals surface area contributed by atoms with Gasteiger partial charge in [-0.05, 0) is 43.2 Å². The van der Waals surface area contributed by atoms with Gasteiger partial charge in [0.1, 0.15) is 0 Å². The molecule has 1 nitrogen and oxygen atoms in total. The van der Waals surface area contributed by atoms with E-state index in [1.54, 1.807) is 0 Å². The highest BCUT2D eigenvalue weighted by molar-refractivity contribution is 5.15. The predicted octanol–water partition coefficient (Wildman–Crippen LogP) is 3.86. The minimum atomic E-state index is 0.777. The van der Waals surface area contributed by atoms with Crippen molar-refractivity contribution in [3.63, 3.8) is 0 Å². The molecule has 0 radical (unpaired) electrons. The average Bonchev–Trinajstić information content (AvgIpc) is 2.44. The van der Waals surface area contributed by atoms with Gasteiger partial charge >= 0.3 is 0 Å². The second-order valence-electron chi connectivity index (χ2n) is 5.87. The molecular formula is C17H23N. The molecule has 18 heavy (non-hydrogen) atoms. The standard InChI is InChI=1S/C17H23N/c1-14-11-12-18(13-15-7-3-2-4-8-15)17-10-6-5-9-16(14)17/h2-5,7-9,14,16-17H,6,10-13H2,1H3/t14-,16-,17-/m1/s1. The summed E-state index contributed by atoms with van der Waals surface area (Å²) in [5.74, 6) is 1.65. The Labute approximate surface area is 111 Å². The van der Waals surface area contributed by atoms with Crippen LogP contribution in [0.1, 0.15) is 31.7 Å². The highest BCUT2D eigenvalue weighted by Gasteiger charge is 2.34. The Kier molecular flexibility index (Phi) is 3.51. The maximum atomic E-state index is 2.71. The van der Waals surface area contributed by atoms with Gasteiger partial charge in [-0.15, -0.1) is 0 Å². The van der Waals surface area contributed by atoms with E-state index in [1.807, 2.05) is 0 Å². The fourth-order valence-corrected chi connectivity index (χ4v) is 3.58. The fraction of sp³-hybridized carbons (Fsp3) is 0.529. The van der Waals surface area contributed by atoms with Crippen molar-refractivity contribution in [1.29, 1.82) is 0 Å². The molecule has 0 bridgehead atoms. The third-order valence-electron chi connectivity index (χ3n) is 4.66. The van der Waals surface area contributed by atoms with Gasteiger partial charge in [-0.3, -0.25) is 4.90 Å². The quantitative estimate of drug-likeness (QED) is 0.711. The minimum absolute atomic E-state index is 0.777. The van der Waals surface area contributed by atoms with Crippen LogP contribution >= 0.6 is 0 Å². The van der Waals surface area contributed by atoms with Gasteiger partial charge in [-0.1, -0.05) is 49.4 Å². The van der Waals surface area contributed by atoms with E-state index in [9.17, 15) is 0 Å². The summed E-state index contributed by atoms with van der Waals surface area (Å²) in [6.45, 7) is 4.82. The zero-order valence-corrected chi connectivity index (χ0v) is 11.3. The van der Waals surface area contributed by atoms with Crippen molar-refractivity contribution >= 4 is 0 Å². The van der Waals surface area contributed by atoms with E-state index in [1.165, 1.54) is 31.4 Å². The summed E-state index contributed by atoms with van der Waals surface area (Å²) in [6, 6.07) is 11.7. The van der Waals surface area contributed by atoms with Crippen molar-refractivity contribution in [2.24, 2.45) is 11.8 Å². The number of likely N-dealkylation sites (tertiary alicyclic amines) is 1. The van der Waals surface area contributed by atoms with Crippen molar-refractivity contribution in [3.05, 3.63) is 48.0 Å². The number of fused-ring (bicyclic) bond motifs is 1. The van der Waals surface area contributed by atoms with Crippen LogP contribution in [0.3, 0.4) is 0 Å². The molecule has 0 amide bonds. The molecule has 0 N–H and O–H groups in total. The molecule has 0 aromatic heterocycles. The Morgan fingerprint density at radius 2 is 2.00 bits per heavy atom. The molecule has 0 spiro atoms. The Morgan fingerprint density at radius 1 is 1.17 bits per heavy atom. The van der Waals surface area contributed by atoms with Gasteiger partial charge in [-0.25, -0.2) is 0 Å². The minimum Gasteiger partial charge on any atom is -0.296 e. The molecule has 0 saturated carbocycles. The molecule has 1 aliphatic carbocycles. The van der Waals surface area contributed by atoms with Crippen LogP contribution in [-0.2, 0) is 6.54 Å². The first-order chi connectivity index (χ1) is 8.84. The highest BCUT2D eigenvalue weighted by atomic mass is 15.2. The van der Waals surface area contributed by atoms with Gasteiger partial charge in [0.2, 0.25) is 0 Å². The molecule has 1 saturated heterocycles. The number of benzene rings is 1. The van der Waals surface area contributed by atoms with E-state index in [4.69, 9.17) is 0 Å². The van der Waals surface area contributed by atoms with E-state index < -0.39 is 0 Å². The molecule has 1 aliphatic heterocycles. The predicted molar refractivity (Wildman–Crippen MR) is 76.3 cm³/mol. The van der Waals surface area contributed by atoms with E-state index in [0.717, 1.165) is 24.4 Å². The van der Waals surface area contributed by atoms with E-state index in [2.05, 4.69) is 54.3 Å². The third-order valence-corrected chi connectivity index (χ3v) is 4.66. The topological polar surface area (TPSA) is 3.24 Å². The number of allylic oxidation sites excluding steroid dienone is 1. The second-order valence-corrected chi connectivity index (χ2v) is 5.87. The number of hydrogen-bond donors (Lipinski definition) is 0. The summed E-state index contributed by atoms with van der Waals surface area (Å²) in [4.78, 5) is 2.71. The third kappa shape index (κ3) is 2.37. The maximum Gasteiger partial charge on any atom is 0.0236 e. The molecule has 96 valence electrons. The van der Waals surface area contributed by atoms with Crippen LogP contribution in [0.2, 0.25) is 0 Å². The fourth-order valence-electron chi connectivity index (χ4n) is 3.58. The van der Waals surface area contributed by atoms with Crippen LogP contribution in [0, 0.1) is 11.8 Å². The Balaban J connectivity index is 1.74. The van der Waals surface area contributed by atoms with Gasteiger partial charge in [-0.2, -0.15) is 0 Å². The van der Waals surface area contributed by atoms with Gasteiger partial charge in [0.05, 0.1) is 0 Å². The molecule has 1 heterocycles. The van der Waals surface area contributed by atoms with Crippen LogP contribution in [-0.4, -0.2) is 17.5 Å². The Bertz CT molecular complexity index is 409. The van der Waals surface area contributed by atoms with E-state index in [-0.39, 0.29) is 0 Å². The Hall–Kier alpha value is -1.08. The molecule has 1 heteroatoms. The summed E-state index contributed by atoms with van der Waals surface area (Å²) in [5, 5.41) is 0. The monoisotopic (exact) mass is 241 g/mol. The maximum absolute atomic E-state index is 2.71. The molecule has 3 rings (SSSR count). The SMILES string of the molecule is C[C@@H]1CCN(Cc2ccccc2)[C@@H]2CCC=C[C@H]12. The number of piperidine rings is 1. The highest BCUT2D eigenvalue weighted by Crippen LogP contribution is 2.35. The largest absolute Gasteiger partial charge is 0.296 e. The lowest BCUT2D eigenvalue weighted by Crippen LogP contribution is -2.48. The van der Waals surface area contributed by atoms with Gasteiger partial charge in [0.15, 0.2) is 0 Å². The molecule has 3 atom stereocenters. The number of nitrogens with zero attached hydrogens (tertiary/aromatic N) is 1. The number of hydrogen-bond acceptors (Lipinski definition) is 1. The lowest BCUT2D eigenvalue weighted by molar-refractivity contribution is 0.0618. The molecule has 0 unspecified atom stereocenters. The number of rotatable bonds is 2. The van der Waals surface area contributed by atoms with Crippen molar-refractivity contribution in [1.82, 2.24) is 4.90 Å². The lowest BCUT2D eigenvalue weighted by atomic mass is 9.76. The first-order valence-corrected chi connectivity index (χ1v) is 7.29. The second kappa shape index (κ2) is 5.27. The van der Waals surface area contributed by atoms with Crippen molar-refractivity contribution in [2.45, 2.75) is 38.8 Å². The van der Waals surface area contributed by atoms with E-state index in [0.29, 0.717) is 0 Å². The summed E-state index contributed by atoms with van der Waals surface area (Å²) < 4.78 is 0. The normalized spacial score (nSPS) is 32.2. The Morgan fingerprint density at radius 3 is 2.83 bits per heavy atom. The van der Waals surface area contributed by atoms with Gasteiger partial charge in [0, 0.05) is 12.6 Å². The summed E-state index contributed by atoms with van der Waals surface area (Å²) >= 11 is 0.